The Hall–Kier alpha value is -3.28. The largest absolute Gasteiger partial charge is 0.366 e. The Morgan fingerprint density at radius 2 is 1.96 bits per heavy atom. The maximum absolute atomic E-state index is 4.59. The summed E-state index contributed by atoms with van der Waals surface area (Å²) in [7, 11) is 0. The average Bonchev–Trinajstić information content (AvgIpc) is 3.09. The molecule has 2 N–H and O–H groups in total. The van der Waals surface area contributed by atoms with Gasteiger partial charge >= 0.3 is 0 Å². The van der Waals surface area contributed by atoms with Crippen molar-refractivity contribution in [1.82, 2.24) is 24.9 Å². The molecule has 0 amide bonds. The van der Waals surface area contributed by atoms with E-state index in [1.165, 1.54) is 0 Å². The van der Waals surface area contributed by atoms with Crippen molar-refractivity contribution >= 4 is 16.9 Å². The molecule has 0 saturated heterocycles. The number of H-pyrrole nitrogens is 1. The van der Waals surface area contributed by atoms with Gasteiger partial charge < -0.3 is 10.3 Å². The van der Waals surface area contributed by atoms with E-state index in [9.17, 15) is 0 Å². The molecule has 0 unspecified atom stereocenters. The van der Waals surface area contributed by atoms with Gasteiger partial charge in [-0.05, 0) is 29.8 Å². The highest BCUT2D eigenvalue weighted by atomic mass is 15.0. The van der Waals surface area contributed by atoms with Crippen LogP contribution in [0.15, 0.2) is 61.3 Å². The normalized spacial score (nSPS) is 10.8. The van der Waals surface area contributed by atoms with E-state index in [1.54, 1.807) is 24.7 Å². The number of pyridine rings is 2. The molecule has 6 heteroatoms. The van der Waals surface area contributed by atoms with Gasteiger partial charge in [-0.2, -0.15) is 0 Å². The smallest absolute Gasteiger partial charge is 0.159 e. The number of hydrogen-bond acceptors (Lipinski definition) is 5. The molecule has 0 saturated carbocycles. The van der Waals surface area contributed by atoms with Crippen LogP contribution in [0.25, 0.3) is 22.4 Å². The van der Waals surface area contributed by atoms with E-state index < -0.39 is 0 Å². The van der Waals surface area contributed by atoms with Gasteiger partial charge in [-0.15, -0.1) is 0 Å². The molecule has 6 nitrogen and oxygen atoms in total. The minimum atomic E-state index is 0.655. The molecule has 0 spiro atoms. The third-order valence-electron chi connectivity index (χ3n) is 3.53. The van der Waals surface area contributed by atoms with Gasteiger partial charge in [0.05, 0.1) is 0 Å². The standard InChI is InChI=1S/C17H14N6/c1-3-12(10-18-5-1)11-22-15-9-14(16-19-6-2-7-20-16)13-4-8-21-17(13)23-15/h1-10H,11H2,(H2,21,22,23). The van der Waals surface area contributed by atoms with E-state index in [-0.39, 0.29) is 0 Å². The fourth-order valence-electron chi connectivity index (χ4n) is 2.45. The maximum atomic E-state index is 4.59. The summed E-state index contributed by atoms with van der Waals surface area (Å²) in [5.41, 5.74) is 2.85. The molecular weight excluding hydrogens is 288 g/mol. The summed E-state index contributed by atoms with van der Waals surface area (Å²) in [6.07, 6.45) is 8.95. The molecule has 4 heterocycles. The number of rotatable bonds is 4. The minimum absolute atomic E-state index is 0.655. The Morgan fingerprint density at radius 3 is 2.78 bits per heavy atom. The summed E-state index contributed by atoms with van der Waals surface area (Å²) in [5.74, 6) is 1.45. The van der Waals surface area contributed by atoms with Gasteiger partial charge in [0.1, 0.15) is 11.5 Å². The molecule has 0 bridgehead atoms. The minimum Gasteiger partial charge on any atom is -0.366 e. The molecule has 4 aromatic heterocycles. The van der Waals surface area contributed by atoms with Gasteiger partial charge in [-0.3, -0.25) is 4.98 Å². The summed E-state index contributed by atoms with van der Waals surface area (Å²) in [6.45, 7) is 0.655. The van der Waals surface area contributed by atoms with Gasteiger partial charge in [-0.1, -0.05) is 6.07 Å². The van der Waals surface area contributed by atoms with Crippen LogP contribution >= 0.6 is 0 Å². The third-order valence-corrected chi connectivity index (χ3v) is 3.53. The van der Waals surface area contributed by atoms with Crippen LogP contribution in [0.2, 0.25) is 0 Å². The number of fused-ring (bicyclic) bond motifs is 1. The lowest BCUT2D eigenvalue weighted by Gasteiger charge is -2.08. The van der Waals surface area contributed by atoms with Crippen LogP contribution in [0.1, 0.15) is 5.56 Å². The second-order valence-electron chi connectivity index (χ2n) is 5.08. The van der Waals surface area contributed by atoms with Crippen LogP contribution in [0.3, 0.4) is 0 Å². The maximum Gasteiger partial charge on any atom is 0.159 e. The molecule has 0 aliphatic heterocycles. The Labute approximate surface area is 132 Å². The Balaban J connectivity index is 1.71. The highest BCUT2D eigenvalue weighted by Gasteiger charge is 2.10. The van der Waals surface area contributed by atoms with E-state index >= 15 is 0 Å². The fraction of sp³-hybridized carbons (Fsp3) is 0.0588. The molecule has 112 valence electrons. The first-order valence-electron chi connectivity index (χ1n) is 7.28. The van der Waals surface area contributed by atoms with Crippen molar-refractivity contribution in [3.05, 3.63) is 66.9 Å². The molecule has 4 rings (SSSR count). The number of nitrogens with zero attached hydrogens (tertiary/aromatic N) is 4. The third kappa shape index (κ3) is 2.74. The molecule has 0 aliphatic rings. The van der Waals surface area contributed by atoms with Gasteiger partial charge in [0, 0.05) is 48.5 Å². The van der Waals surface area contributed by atoms with Crippen LogP contribution < -0.4 is 5.32 Å². The molecule has 0 aliphatic carbocycles. The second kappa shape index (κ2) is 5.84. The van der Waals surface area contributed by atoms with E-state index in [1.807, 2.05) is 36.7 Å². The van der Waals surface area contributed by atoms with Crippen LogP contribution in [-0.4, -0.2) is 24.9 Å². The van der Waals surface area contributed by atoms with Crippen molar-refractivity contribution < 1.29 is 0 Å². The average molecular weight is 302 g/mol. The van der Waals surface area contributed by atoms with E-state index in [2.05, 4.69) is 30.2 Å². The zero-order chi connectivity index (χ0) is 15.5. The van der Waals surface area contributed by atoms with Crippen molar-refractivity contribution in [2.45, 2.75) is 6.54 Å². The Kier molecular flexibility index (Phi) is 3.40. The van der Waals surface area contributed by atoms with E-state index in [0.717, 1.165) is 28.0 Å². The van der Waals surface area contributed by atoms with Crippen LogP contribution in [-0.2, 0) is 6.54 Å². The van der Waals surface area contributed by atoms with Crippen LogP contribution in [0.4, 0.5) is 5.82 Å². The van der Waals surface area contributed by atoms with E-state index in [4.69, 9.17) is 0 Å². The van der Waals surface area contributed by atoms with E-state index in [0.29, 0.717) is 12.4 Å². The fourth-order valence-corrected chi connectivity index (χ4v) is 2.45. The summed E-state index contributed by atoms with van der Waals surface area (Å²) in [6, 6.07) is 9.71. The molecule has 4 aromatic rings. The monoisotopic (exact) mass is 302 g/mol. The predicted molar refractivity (Wildman–Crippen MR) is 88.7 cm³/mol. The number of hydrogen-bond donors (Lipinski definition) is 2. The van der Waals surface area contributed by atoms with Gasteiger partial charge in [0.2, 0.25) is 0 Å². The Morgan fingerprint density at radius 1 is 1.04 bits per heavy atom. The number of nitrogens with one attached hydrogen (secondary N) is 2. The van der Waals surface area contributed by atoms with Crippen LogP contribution in [0, 0.1) is 0 Å². The zero-order valence-electron chi connectivity index (χ0n) is 12.3. The molecule has 23 heavy (non-hydrogen) atoms. The van der Waals surface area contributed by atoms with Gasteiger partial charge in [0.15, 0.2) is 5.82 Å². The predicted octanol–water partition coefficient (Wildman–Crippen LogP) is 3.03. The summed E-state index contributed by atoms with van der Waals surface area (Å²) >= 11 is 0. The molecule has 0 radical (unpaired) electrons. The number of aromatic amines is 1. The summed E-state index contributed by atoms with van der Waals surface area (Å²) in [4.78, 5) is 20.6. The lowest BCUT2D eigenvalue weighted by Crippen LogP contribution is -2.02. The quantitative estimate of drug-likeness (QED) is 0.606. The van der Waals surface area contributed by atoms with Gasteiger partial charge in [0.25, 0.3) is 0 Å². The molecule has 0 atom stereocenters. The summed E-state index contributed by atoms with van der Waals surface area (Å²) < 4.78 is 0. The molecule has 0 aromatic carbocycles. The topological polar surface area (TPSA) is 79.4 Å². The highest BCUT2D eigenvalue weighted by molar-refractivity contribution is 5.92. The van der Waals surface area contributed by atoms with Crippen molar-refractivity contribution in [2.24, 2.45) is 0 Å². The lowest BCUT2D eigenvalue weighted by atomic mass is 10.1. The molecular formula is C17H14N6. The first-order chi connectivity index (χ1) is 11.4. The molecule has 0 fully saturated rings. The van der Waals surface area contributed by atoms with Crippen LogP contribution in [0.5, 0.6) is 0 Å². The van der Waals surface area contributed by atoms with Crippen molar-refractivity contribution in [3.8, 4) is 11.4 Å². The van der Waals surface area contributed by atoms with Crippen molar-refractivity contribution in [2.75, 3.05) is 5.32 Å². The first-order valence-corrected chi connectivity index (χ1v) is 7.28. The highest BCUT2D eigenvalue weighted by Crippen LogP contribution is 2.27. The summed E-state index contributed by atoms with van der Waals surface area (Å²) in [5, 5.41) is 4.33. The zero-order valence-corrected chi connectivity index (χ0v) is 12.3. The first kappa shape index (κ1) is 13.4. The number of aromatic nitrogens is 5. The van der Waals surface area contributed by atoms with Crippen molar-refractivity contribution in [3.63, 3.8) is 0 Å². The number of anilines is 1. The van der Waals surface area contributed by atoms with Gasteiger partial charge in [-0.25, -0.2) is 15.0 Å². The lowest BCUT2D eigenvalue weighted by molar-refractivity contribution is 1.09. The SMILES string of the molecule is c1cnc(-c2cc(NCc3cccnc3)nc3[nH]ccc23)nc1. The second-order valence-corrected chi connectivity index (χ2v) is 5.08. The Bertz CT molecular complexity index is 918. The van der Waals surface area contributed by atoms with Crippen molar-refractivity contribution in [1.29, 1.82) is 0 Å².